The van der Waals surface area contributed by atoms with Crippen LogP contribution in [0, 0.1) is 0 Å². The van der Waals surface area contributed by atoms with Crippen LogP contribution in [0.25, 0.3) is 0 Å². The van der Waals surface area contributed by atoms with E-state index in [-0.39, 0.29) is 12.5 Å². The zero-order valence-electron chi connectivity index (χ0n) is 58.8. The Labute approximate surface area is 547 Å². The normalized spacial score (nSPS) is 17.9. The summed E-state index contributed by atoms with van der Waals surface area (Å²) >= 11 is 0. The van der Waals surface area contributed by atoms with E-state index in [1.807, 2.05) is 6.08 Å². The van der Waals surface area contributed by atoms with Gasteiger partial charge < -0.3 is 40.3 Å². The molecule has 1 rings (SSSR count). The zero-order valence-corrected chi connectivity index (χ0v) is 58.8. The first-order chi connectivity index (χ1) is 43.3. The Morgan fingerprint density at radius 2 is 0.636 bits per heavy atom. The van der Waals surface area contributed by atoms with Crippen molar-refractivity contribution in [3.05, 3.63) is 24.3 Å². The van der Waals surface area contributed by atoms with Gasteiger partial charge in [-0.25, -0.2) is 0 Å². The van der Waals surface area contributed by atoms with Crippen LogP contribution in [0.3, 0.4) is 0 Å². The zero-order chi connectivity index (χ0) is 63.5. The van der Waals surface area contributed by atoms with Gasteiger partial charge in [-0.3, -0.25) is 4.79 Å². The third-order valence-corrected chi connectivity index (χ3v) is 19.3. The average Bonchev–Trinajstić information content (AvgIpc) is 3.65. The number of allylic oxidation sites excluding steroid dienone is 3. The molecule has 522 valence electrons. The van der Waals surface area contributed by atoms with E-state index in [0.717, 1.165) is 38.5 Å². The van der Waals surface area contributed by atoms with Crippen LogP contribution in [0.1, 0.15) is 418 Å². The van der Waals surface area contributed by atoms with Gasteiger partial charge in [0.1, 0.15) is 24.4 Å². The molecule has 1 aliphatic heterocycles. The van der Waals surface area contributed by atoms with Crippen molar-refractivity contribution in [2.75, 3.05) is 13.2 Å². The SMILES string of the molecule is CCCCCCCCCC/C=C\CCCCCCCCCCCCCCCCCCCCCCCCCCCCCC(=O)NC(COC1OC(CO)C(O)C(O)C1O)C(O)/C=C/CCCCCCCCCCCCCCCCCCCCCCCCCC. The molecule has 0 aliphatic carbocycles. The number of nitrogens with one attached hydrogen (secondary N) is 1. The Morgan fingerprint density at radius 1 is 0.375 bits per heavy atom. The largest absolute Gasteiger partial charge is 0.394 e. The van der Waals surface area contributed by atoms with Gasteiger partial charge in [-0.1, -0.05) is 391 Å². The van der Waals surface area contributed by atoms with Gasteiger partial charge in [0.25, 0.3) is 0 Å². The molecule has 0 saturated carbocycles. The first-order valence-corrected chi connectivity index (χ1v) is 39.6. The second kappa shape index (κ2) is 68.5. The summed E-state index contributed by atoms with van der Waals surface area (Å²) in [7, 11) is 0. The van der Waals surface area contributed by atoms with E-state index < -0.39 is 49.5 Å². The molecule has 7 unspecified atom stereocenters. The van der Waals surface area contributed by atoms with Crippen molar-refractivity contribution in [1.82, 2.24) is 5.32 Å². The highest BCUT2D eigenvalue weighted by atomic mass is 16.7. The average molecular weight is 1250 g/mol. The fourth-order valence-corrected chi connectivity index (χ4v) is 13.1. The van der Waals surface area contributed by atoms with Gasteiger partial charge in [-0.2, -0.15) is 0 Å². The van der Waals surface area contributed by atoms with Crippen LogP contribution in [0.15, 0.2) is 24.3 Å². The number of aliphatic hydroxyl groups excluding tert-OH is 5. The highest BCUT2D eigenvalue weighted by molar-refractivity contribution is 5.76. The summed E-state index contributed by atoms with van der Waals surface area (Å²) < 4.78 is 11.3. The molecular formula is C79H153NO8. The fourth-order valence-electron chi connectivity index (χ4n) is 13.1. The predicted octanol–water partition coefficient (Wildman–Crippen LogP) is 22.4. The van der Waals surface area contributed by atoms with Crippen molar-refractivity contribution in [2.24, 2.45) is 0 Å². The minimum absolute atomic E-state index is 0.166. The van der Waals surface area contributed by atoms with Gasteiger partial charge in [-0.15, -0.1) is 0 Å². The van der Waals surface area contributed by atoms with E-state index in [1.54, 1.807) is 6.08 Å². The minimum atomic E-state index is -1.57. The smallest absolute Gasteiger partial charge is 0.220 e. The Balaban J connectivity index is 2.04. The minimum Gasteiger partial charge on any atom is -0.394 e. The van der Waals surface area contributed by atoms with Crippen molar-refractivity contribution in [3.63, 3.8) is 0 Å². The molecular weight excluding hydrogens is 1090 g/mol. The molecule has 1 fully saturated rings. The summed E-state index contributed by atoms with van der Waals surface area (Å²) in [4.78, 5) is 13.2. The van der Waals surface area contributed by atoms with E-state index in [1.165, 1.54) is 360 Å². The van der Waals surface area contributed by atoms with Crippen LogP contribution in [-0.2, 0) is 14.3 Å². The van der Waals surface area contributed by atoms with Crippen LogP contribution in [0.2, 0.25) is 0 Å². The Kier molecular flexibility index (Phi) is 65.9. The number of rotatable bonds is 71. The lowest BCUT2D eigenvalue weighted by Gasteiger charge is -2.40. The Bertz CT molecular complexity index is 1440. The number of hydrogen-bond donors (Lipinski definition) is 6. The lowest BCUT2D eigenvalue weighted by Crippen LogP contribution is -2.60. The van der Waals surface area contributed by atoms with Crippen molar-refractivity contribution < 1.29 is 39.8 Å². The van der Waals surface area contributed by atoms with Crippen molar-refractivity contribution in [3.8, 4) is 0 Å². The van der Waals surface area contributed by atoms with Crippen molar-refractivity contribution in [2.45, 2.75) is 461 Å². The first-order valence-electron chi connectivity index (χ1n) is 39.6. The Morgan fingerprint density at radius 3 is 0.920 bits per heavy atom. The van der Waals surface area contributed by atoms with Gasteiger partial charge in [0.2, 0.25) is 5.91 Å². The van der Waals surface area contributed by atoms with Crippen LogP contribution in [-0.4, -0.2) is 87.5 Å². The summed E-state index contributed by atoms with van der Waals surface area (Å²) in [6.45, 7) is 3.85. The lowest BCUT2D eigenvalue weighted by atomic mass is 9.99. The van der Waals surface area contributed by atoms with E-state index in [0.29, 0.717) is 6.42 Å². The molecule has 1 heterocycles. The summed E-state index contributed by atoms with van der Waals surface area (Å²) in [5.74, 6) is -0.166. The van der Waals surface area contributed by atoms with Gasteiger partial charge >= 0.3 is 0 Å². The van der Waals surface area contributed by atoms with Gasteiger partial charge in [-0.05, 0) is 44.9 Å². The quantitative estimate of drug-likeness (QED) is 0.0261. The third-order valence-electron chi connectivity index (χ3n) is 19.3. The van der Waals surface area contributed by atoms with Crippen molar-refractivity contribution >= 4 is 5.91 Å². The summed E-state index contributed by atoms with van der Waals surface area (Å²) in [6.07, 6.45) is 84.7. The maximum Gasteiger partial charge on any atom is 0.220 e. The number of hydrogen-bond acceptors (Lipinski definition) is 8. The molecule has 0 aromatic heterocycles. The maximum atomic E-state index is 13.2. The molecule has 1 aliphatic rings. The molecule has 0 radical (unpaired) electrons. The van der Waals surface area contributed by atoms with Crippen LogP contribution in [0.4, 0.5) is 0 Å². The molecule has 9 heteroatoms. The monoisotopic (exact) mass is 1240 g/mol. The van der Waals surface area contributed by atoms with Crippen LogP contribution >= 0.6 is 0 Å². The molecule has 9 nitrogen and oxygen atoms in total. The molecule has 0 aromatic carbocycles. The van der Waals surface area contributed by atoms with Gasteiger partial charge in [0.05, 0.1) is 25.4 Å². The molecule has 0 bridgehead atoms. The van der Waals surface area contributed by atoms with E-state index in [9.17, 15) is 30.3 Å². The molecule has 1 amide bonds. The van der Waals surface area contributed by atoms with Gasteiger partial charge in [0.15, 0.2) is 6.29 Å². The highest BCUT2D eigenvalue weighted by Gasteiger charge is 2.44. The van der Waals surface area contributed by atoms with E-state index in [4.69, 9.17) is 9.47 Å². The molecule has 0 aromatic rings. The number of amides is 1. The van der Waals surface area contributed by atoms with Crippen LogP contribution < -0.4 is 5.32 Å². The second-order valence-corrected chi connectivity index (χ2v) is 27.9. The molecule has 7 atom stereocenters. The Hall–Kier alpha value is -1.33. The molecule has 0 spiro atoms. The molecule has 1 saturated heterocycles. The highest BCUT2D eigenvalue weighted by Crippen LogP contribution is 2.24. The fraction of sp³-hybridized carbons (Fsp3) is 0.937. The summed E-state index contributed by atoms with van der Waals surface area (Å²) in [5, 5.41) is 54.9. The van der Waals surface area contributed by atoms with E-state index in [2.05, 4.69) is 31.3 Å². The summed E-state index contributed by atoms with van der Waals surface area (Å²) in [5.41, 5.74) is 0. The topological polar surface area (TPSA) is 149 Å². The number of ether oxygens (including phenoxy) is 2. The molecule has 6 N–H and O–H groups in total. The van der Waals surface area contributed by atoms with E-state index >= 15 is 0 Å². The number of carbonyl (C=O) groups excluding carboxylic acids is 1. The first kappa shape index (κ1) is 84.7. The standard InChI is InChI=1S/C79H153NO8/c1-3-5-7-9-11-13-15-17-19-21-23-25-27-29-31-32-33-34-35-36-37-38-39-40-41-42-43-45-47-49-51-53-55-57-59-61-63-65-67-69-75(83)80-72(71-87-79-78(86)77(85)76(84)74(70-81)88-79)73(82)68-66-64-62-60-58-56-54-52-50-48-46-44-30-28-26-24-22-20-18-16-14-12-10-8-6-4-2/h21,23,66,68,72-74,76-79,81-82,84-86H,3-20,22,24-65,67,69-71H2,1-2H3,(H,80,83)/b23-21-,68-66+. The van der Waals surface area contributed by atoms with Gasteiger partial charge in [0, 0.05) is 6.42 Å². The third kappa shape index (κ3) is 56.2. The van der Waals surface area contributed by atoms with Crippen molar-refractivity contribution in [1.29, 1.82) is 0 Å². The van der Waals surface area contributed by atoms with Crippen LogP contribution in [0.5, 0.6) is 0 Å². The number of unbranched alkanes of at least 4 members (excludes halogenated alkanes) is 59. The second-order valence-electron chi connectivity index (χ2n) is 27.9. The lowest BCUT2D eigenvalue weighted by molar-refractivity contribution is -0.302. The number of aliphatic hydroxyl groups is 5. The number of carbonyl (C=O) groups is 1. The predicted molar refractivity (Wildman–Crippen MR) is 378 cm³/mol. The summed E-state index contributed by atoms with van der Waals surface area (Å²) in [6, 6.07) is -0.804. The molecule has 88 heavy (non-hydrogen) atoms. The maximum absolute atomic E-state index is 13.2.